The number of rotatable bonds is 5. The van der Waals surface area contributed by atoms with Crippen LogP contribution in [0.15, 0.2) is 24.0 Å². The van der Waals surface area contributed by atoms with Crippen LogP contribution >= 0.6 is 0 Å². The Kier molecular flexibility index (Phi) is 5.57. The van der Waals surface area contributed by atoms with E-state index in [9.17, 15) is 40.5 Å². The molecule has 0 aromatic carbocycles. The summed E-state index contributed by atoms with van der Waals surface area (Å²) in [6.45, 7) is -1.40. The van der Waals surface area contributed by atoms with E-state index in [4.69, 9.17) is 14.2 Å². The first kappa shape index (κ1) is 20.2. The Hall–Kier alpha value is -1.57. The van der Waals surface area contributed by atoms with Gasteiger partial charge in [0.15, 0.2) is 6.29 Å². The van der Waals surface area contributed by atoms with Gasteiger partial charge in [-0.15, -0.1) is 0 Å². The standard InChI is InChI=1S/C16H22O11/c17-3-8-10(19)11(20)12(21)15(26-8)27-14-9-6(1-2-16(9,24)5-18)7(4-25-14)13(22)23/h1-2,4,6,8-12,14-15,17-21,24H,3,5H2,(H,22,23)/t6?,8-,9?,10-,11+,12-,14?,15+,16-/m1/s1. The van der Waals surface area contributed by atoms with Crippen molar-refractivity contribution in [2.45, 2.75) is 42.6 Å². The Balaban J connectivity index is 1.84. The van der Waals surface area contributed by atoms with Crippen LogP contribution in [0.5, 0.6) is 0 Å². The van der Waals surface area contributed by atoms with Crippen molar-refractivity contribution in [2.75, 3.05) is 13.2 Å². The molecule has 152 valence electrons. The van der Waals surface area contributed by atoms with E-state index in [0.29, 0.717) is 0 Å². The second kappa shape index (κ2) is 7.45. The van der Waals surface area contributed by atoms with Crippen LogP contribution in [-0.4, -0.2) is 97.5 Å². The molecule has 0 aromatic heterocycles. The monoisotopic (exact) mass is 390 g/mol. The van der Waals surface area contributed by atoms with Crippen molar-refractivity contribution < 1.29 is 54.8 Å². The van der Waals surface area contributed by atoms with Crippen LogP contribution < -0.4 is 0 Å². The Morgan fingerprint density at radius 2 is 1.85 bits per heavy atom. The fraction of sp³-hybridized carbons (Fsp3) is 0.688. The molecular formula is C16H22O11. The van der Waals surface area contributed by atoms with Crippen molar-refractivity contribution in [3.63, 3.8) is 0 Å². The number of aliphatic carboxylic acids is 1. The molecule has 0 saturated carbocycles. The highest BCUT2D eigenvalue weighted by molar-refractivity contribution is 5.87. The smallest absolute Gasteiger partial charge is 0.335 e. The lowest BCUT2D eigenvalue weighted by atomic mass is 9.79. The molecule has 1 saturated heterocycles. The van der Waals surface area contributed by atoms with Gasteiger partial charge in [0.2, 0.25) is 6.29 Å². The molecule has 0 bridgehead atoms. The Bertz CT molecular complexity index is 632. The number of hydrogen-bond acceptors (Lipinski definition) is 10. The average molecular weight is 390 g/mol. The molecule has 11 nitrogen and oxygen atoms in total. The summed E-state index contributed by atoms with van der Waals surface area (Å²) < 4.78 is 16.0. The maximum atomic E-state index is 11.4. The Labute approximate surface area is 153 Å². The van der Waals surface area contributed by atoms with Crippen LogP contribution in [0.25, 0.3) is 0 Å². The van der Waals surface area contributed by atoms with Crippen molar-refractivity contribution in [3.05, 3.63) is 24.0 Å². The zero-order valence-electron chi connectivity index (χ0n) is 14.0. The maximum absolute atomic E-state index is 11.4. The predicted octanol–water partition coefficient (Wildman–Crippen LogP) is -3.35. The summed E-state index contributed by atoms with van der Waals surface area (Å²) in [5.74, 6) is -3.20. The van der Waals surface area contributed by atoms with Gasteiger partial charge in [0.05, 0.1) is 31.0 Å². The van der Waals surface area contributed by atoms with Crippen molar-refractivity contribution in [1.82, 2.24) is 0 Å². The number of carbonyl (C=O) groups is 1. The van der Waals surface area contributed by atoms with Gasteiger partial charge < -0.3 is 50.0 Å². The molecule has 9 atom stereocenters. The third-order valence-electron chi connectivity index (χ3n) is 5.15. The van der Waals surface area contributed by atoms with Crippen LogP contribution in [0.3, 0.4) is 0 Å². The number of fused-ring (bicyclic) bond motifs is 1. The van der Waals surface area contributed by atoms with Gasteiger partial charge in [-0.25, -0.2) is 4.79 Å². The third-order valence-corrected chi connectivity index (χ3v) is 5.15. The minimum atomic E-state index is -1.85. The highest BCUT2D eigenvalue weighted by Crippen LogP contribution is 2.45. The lowest BCUT2D eigenvalue weighted by molar-refractivity contribution is -0.346. The van der Waals surface area contributed by atoms with Crippen molar-refractivity contribution >= 4 is 5.97 Å². The fourth-order valence-corrected chi connectivity index (χ4v) is 3.60. The molecule has 11 heteroatoms. The molecule has 7 N–H and O–H groups in total. The molecule has 0 amide bonds. The minimum Gasteiger partial charge on any atom is -0.478 e. The molecular weight excluding hydrogens is 368 g/mol. The van der Waals surface area contributed by atoms with Gasteiger partial charge in [-0.1, -0.05) is 12.2 Å². The summed E-state index contributed by atoms with van der Waals surface area (Å²) in [6, 6.07) is 0. The molecule has 2 heterocycles. The zero-order valence-corrected chi connectivity index (χ0v) is 14.0. The highest BCUT2D eigenvalue weighted by Gasteiger charge is 2.55. The summed E-state index contributed by atoms with van der Waals surface area (Å²) in [5.41, 5.74) is -2.01. The van der Waals surface area contributed by atoms with Crippen LogP contribution in [-0.2, 0) is 19.0 Å². The van der Waals surface area contributed by atoms with Gasteiger partial charge in [-0.3, -0.25) is 0 Å². The summed E-state index contributed by atoms with van der Waals surface area (Å²) in [7, 11) is 0. The largest absolute Gasteiger partial charge is 0.478 e. The molecule has 3 unspecified atom stereocenters. The molecule has 3 rings (SSSR count). The number of aliphatic hydroxyl groups is 6. The Morgan fingerprint density at radius 3 is 2.44 bits per heavy atom. The fourth-order valence-electron chi connectivity index (χ4n) is 3.60. The molecule has 0 spiro atoms. The number of carboxylic acid groups (broad SMARTS) is 1. The van der Waals surface area contributed by atoms with E-state index in [2.05, 4.69) is 0 Å². The van der Waals surface area contributed by atoms with E-state index >= 15 is 0 Å². The molecule has 1 fully saturated rings. The SMILES string of the molecule is O=C(O)C1=COC(O[C@@H]2O[C@H](CO)[C@@H](O)[C@H](O)[C@H]2O)C2C1C=C[C@@]2(O)CO. The van der Waals surface area contributed by atoms with Crippen molar-refractivity contribution in [3.8, 4) is 0 Å². The lowest BCUT2D eigenvalue weighted by Gasteiger charge is -2.44. The van der Waals surface area contributed by atoms with E-state index in [-0.39, 0.29) is 5.57 Å². The lowest BCUT2D eigenvalue weighted by Crippen LogP contribution is -2.61. The molecule has 0 aromatic rings. The summed E-state index contributed by atoms with van der Waals surface area (Å²) in [6.07, 6.45) is -5.48. The topological polar surface area (TPSA) is 186 Å². The van der Waals surface area contributed by atoms with Gasteiger partial charge in [-0.2, -0.15) is 0 Å². The normalized spacial score (nSPS) is 46.5. The first-order valence-corrected chi connectivity index (χ1v) is 8.31. The summed E-state index contributed by atoms with van der Waals surface area (Å²) in [4.78, 5) is 11.4. The highest BCUT2D eigenvalue weighted by atomic mass is 16.8. The maximum Gasteiger partial charge on any atom is 0.335 e. The Morgan fingerprint density at radius 1 is 1.15 bits per heavy atom. The summed E-state index contributed by atoms with van der Waals surface area (Å²) >= 11 is 0. The first-order valence-electron chi connectivity index (χ1n) is 8.31. The summed E-state index contributed by atoms with van der Waals surface area (Å²) in [5, 5.41) is 68.4. The second-order valence-corrected chi connectivity index (χ2v) is 6.78. The number of allylic oxidation sites excluding steroid dienone is 1. The van der Waals surface area contributed by atoms with Crippen molar-refractivity contribution in [2.24, 2.45) is 11.8 Å². The minimum absolute atomic E-state index is 0.158. The molecule has 2 aliphatic heterocycles. The van der Waals surface area contributed by atoms with E-state index in [1.165, 1.54) is 12.2 Å². The molecule has 3 aliphatic rings. The molecule has 27 heavy (non-hydrogen) atoms. The van der Waals surface area contributed by atoms with E-state index in [1.54, 1.807) is 0 Å². The molecule has 1 aliphatic carbocycles. The van der Waals surface area contributed by atoms with Crippen LogP contribution in [0.1, 0.15) is 0 Å². The predicted molar refractivity (Wildman–Crippen MR) is 83.6 cm³/mol. The van der Waals surface area contributed by atoms with Crippen LogP contribution in [0.4, 0.5) is 0 Å². The van der Waals surface area contributed by atoms with Gasteiger partial charge in [0.25, 0.3) is 0 Å². The quantitative estimate of drug-likeness (QED) is 0.233. The average Bonchev–Trinajstić information content (AvgIpc) is 3.01. The first-order chi connectivity index (χ1) is 12.7. The van der Waals surface area contributed by atoms with Crippen LogP contribution in [0, 0.1) is 11.8 Å². The number of ether oxygens (including phenoxy) is 3. The number of carboxylic acids is 1. The zero-order chi connectivity index (χ0) is 19.9. The molecule has 0 radical (unpaired) electrons. The van der Waals surface area contributed by atoms with Gasteiger partial charge in [0, 0.05) is 5.92 Å². The van der Waals surface area contributed by atoms with Crippen LogP contribution in [0.2, 0.25) is 0 Å². The number of hydrogen-bond donors (Lipinski definition) is 7. The third kappa shape index (κ3) is 3.37. The number of aliphatic hydroxyl groups excluding tert-OH is 5. The van der Waals surface area contributed by atoms with Gasteiger partial charge in [-0.05, 0) is 0 Å². The van der Waals surface area contributed by atoms with Gasteiger partial charge >= 0.3 is 5.97 Å². The van der Waals surface area contributed by atoms with E-state index < -0.39 is 73.6 Å². The van der Waals surface area contributed by atoms with E-state index in [0.717, 1.165) is 6.26 Å². The van der Waals surface area contributed by atoms with Gasteiger partial charge in [0.1, 0.15) is 30.0 Å². The second-order valence-electron chi connectivity index (χ2n) is 6.78. The van der Waals surface area contributed by atoms with Crippen molar-refractivity contribution in [1.29, 1.82) is 0 Å². The van der Waals surface area contributed by atoms with E-state index in [1.807, 2.05) is 0 Å².